The van der Waals surface area contributed by atoms with E-state index in [0.29, 0.717) is 5.65 Å². The number of H-pyrrole nitrogens is 2. The third-order valence-corrected chi connectivity index (χ3v) is 3.26. The molecule has 5 nitrogen and oxygen atoms in total. The Balaban J connectivity index is 2.04. The lowest BCUT2D eigenvalue weighted by Gasteiger charge is -2.03. The van der Waals surface area contributed by atoms with Crippen LogP contribution in [0.3, 0.4) is 0 Å². The number of halogens is 1. The van der Waals surface area contributed by atoms with E-state index < -0.39 is 0 Å². The second-order valence-corrected chi connectivity index (χ2v) is 4.56. The zero-order valence-electron chi connectivity index (χ0n) is 9.68. The van der Waals surface area contributed by atoms with Gasteiger partial charge in [0.25, 0.3) is 0 Å². The number of nitrogens with one attached hydrogen (secondary N) is 2. The topological polar surface area (TPSA) is 70.2 Å². The number of imidazole rings is 1. The Hall–Kier alpha value is -2.40. The lowest BCUT2D eigenvalue weighted by atomic mass is 10.1. The first-order valence-electron chi connectivity index (χ1n) is 5.75. The largest absolute Gasteiger partial charge is 0.361 e. The number of nitrogens with zero attached hydrogens (tertiary/aromatic N) is 3. The van der Waals surface area contributed by atoms with E-state index in [1.165, 1.54) is 0 Å². The van der Waals surface area contributed by atoms with Crippen molar-refractivity contribution in [2.75, 3.05) is 0 Å². The monoisotopic (exact) mass is 269 g/mol. The standard InChI is InChI=1S/C13H8ClN5/c14-13-18-10(11-12(19-13)17-6-16-11)8-2-1-7-3-4-15-9(7)5-8/h1-6,15H,(H,16,17,18,19). The van der Waals surface area contributed by atoms with Crippen molar-refractivity contribution >= 4 is 33.7 Å². The quantitative estimate of drug-likeness (QED) is 0.522. The van der Waals surface area contributed by atoms with Gasteiger partial charge in [0.15, 0.2) is 5.65 Å². The van der Waals surface area contributed by atoms with Gasteiger partial charge in [0.05, 0.1) is 6.33 Å². The Morgan fingerprint density at radius 2 is 2.00 bits per heavy atom. The molecule has 3 aromatic heterocycles. The van der Waals surface area contributed by atoms with E-state index in [9.17, 15) is 0 Å². The van der Waals surface area contributed by atoms with E-state index >= 15 is 0 Å². The fraction of sp³-hybridized carbons (Fsp3) is 0. The predicted molar refractivity (Wildman–Crippen MR) is 74.0 cm³/mol. The maximum Gasteiger partial charge on any atom is 0.225 e. The molecular weight excluding hydrogens is 262 g/mol. The SMILES string of the molecule is Clc1nc(-c2ccc3cc[nH]c3c2)c2[nH]cnc2n1. The predicted octanol–water partition coefficient (Wildman–Crippen LogP) is 3.15. The molecule has 4 aromatic rings. The number of fused-ring (bicyclic) bond motifs is 2. The minimum atomic E-state index is 0.196. The van der Waals surface area contributed by atoms with Crippen molar-refractivity contribution in [1.82, 2.24) is 24.9 Å². The Kier molecular flexibility index (Phi) is 2.10. The van der Waals surface area contributed by atoms with Crippen LogP contribution in [0.2, 0.25) is 5.28 Å². The highest BCUT2D eigenvalue weighted by atomic mass is 35.5. The number of aromatic nitrogens is 5. The number of rotatable bonds is 1. The van der Waals surface area contributed by atoms with Crippen molar-refractivity contribution in [3.05, 3.63) is 42.1 Å². The lowest BCUT2D eigenvalue weighted by molar-refractivity contribution is 1.20. The molecule has 0 aliphatic carbocycles. The highest BCUT2D eigenvalue weighted by Gasteiger charge is 2.11. The van der Waals surface area contributed by atoms with Gasteiger partial charge in [-0.15, -0.1) is 0 Å². The van der Waals surface area contributed by atoms with Crippen LogP contribution >= 0.6 is 11.6 Å². The highest BCUT2D eigenvalue weighted by Crippen LogP contribution is 2.27. The van der Waals surface area contributed by atoms with Crippen molar-refractivity contribution in [2.45, 2.75) is 0 Å². The molecule has 1 aromatic carbocycles. The summed E-state index contributed by atoms with van der Waals surface area (Å²) in [6.45, 7) is 0. The van der Waals surface area contributed by atoms with E-state index in [1.807, 2.05) is 30.5 Å². The van der Waals surface area contributed by atoms with Crippen LogP contribution in [0, 0.1) is 0 Å². The van der Waals surface area contributed by atoms with Crippen LogP contribution in [0.15, 0.2) is 36.8 Å². The van der Waals surface area contributed by atoms with E-state index in [4.69, 9.17) is 11.6 Å². The normalized spacial score (nSPS) is 11.4. The molecule has 2 N–H and O–H groups in total. The maximum atomic E-state index is 5.94. The summed E-state index contributed by atoms with van der Waals surface area (Å²) in [5, 5.41) is 1.35. The fourth-order valence-corrected chi connectivity index (χ4v) is 2.38. The molecular formula is C13H8ClN5. The molecule has 0 saturated heterocycles. The molecule has 92 valence electrons. The molecule has 0 bridgehead atoms. The van der Waals surface area contributed by atoms with Crippen molar-refractivity contribution in [2.24, 2.45) is 0 Å². The maximum absolute atomic E-state index is 5.94. The van der Waals surface area contributed by atoms with Crippen molar-refractivity contribution in [1.29, 1.82) is 0 Å². The van der Waals surface area contributed by atoms with E-state index in [0.717, 1.165) is 27.7 Å². The van der Waals surface area contributed by atoms with Crippen molar-refractivity contribution in [3.63, 3.8) is 0 Å². The molecule has 0 fully saturated rings. The fourth-order valence-electron chi connectivity index (χ4n) is 2.21. The third-order valence-electron chi connectivity index (χ3n) is 3.09. The van der Waals surface area contributed by atoms with Crippen LogP contribution < -0.4 is 0 Å². The van der Waals surface area contributed by atoms with E-state index in [1.54, 1.807) is 6.33 Å². The van der Waals surface area contributed by atoms with Gasteiger partial charge in [-0.05, 0) is 29.1 Å². The van der Waals surface area contributed by atoms with Crippen LogP contribution in [0.5, 0.6) is 0 Å². The summed E-state index contributed by atoms with van der Waals surface area (Å²) in [4.78, 5) is 18.7. The molecule has 0 radical (unpaired) electrons. The van der Waals surface area contributed by atoms with Gasteiger partial charge >= 0.3 is 0 Å². The average Bonchev–Trinajstić information content (AvgIpc) is 3.04. The number of hydrogen-bond donors (Lipinski definition) is 2. The van der Waals surface area contributed by atoms with Gasteiger partial charge in [0.1, 0.15) is 11.2 Å². The highest BCUT2D eigenvalue weighted by molar-refractivity contribution is 6.28. The minimum Gasteiger partial charge on any atom is -0.361 e. The van der Waals surface area contributed by atoms with Crippen LogP contribution in [-0.4, -0.2) is 24.9 Å². The molecule has 4 rings (SSSR count). The second kappa shape index (κ2) is 3.80. The Labute approximate surface area is 112 Å². The van der Waals surface area contributed by atoms with Gasteiger partial charge in [0.2, 0.25) is 5.28 Å². The molecule has 0 amide bonds. The van der Waals surface area contributed by atoms with Gasteiger partial charge in [-0.3, -0.25) is 0 Å². The van der Waals surface area contributed by atoms with Crippen LogP contribution in [0.4, 0.5) is 0 Å². The molecule has 0 aliphatic heterocycles. The minimum absolute atomic E-state index is 0.196. The summed E-state index contributed by atoms with van der Waals surface area (Å²) in [6, 6.07) is 8.11. The van der Waals surface area contributed by atoms with Gasteiger partial charge < -0.3 is 9.97 Å². The van der Waals surface area contributed by atoms with Crippen LogP contribution in [0.1, 0.15) is 0 Å². The van der Waals surface area contributed by atoms with Crippen molar-refractivity contribution in [3.8, 4) is 11.3 Å². The van der Waals surface area contributed by atoms with Crippen LogP contribution in [-0.2, 0) is 0 Å². The summed E-state index contributed by atoms with van der Waals surface area (Å²) in [5.74, 6) is 0. The summed E-state index contributed by atoms with van der Waals surface area (Å²) >= 11 is 5.94. The third kappa shape index (κ3) is 1.59. The van der Waals surface area contributed by atoms with E-state index in [-0.39, 0.29) is 5.28 Å². The molecule has 0 saturated carbocycles. The second-order valence-electron chi connectivity index (χ2n) is 4.22. The zero-order chi connectivity index (χ0) is 12.8. The molecule has 0 aliphatic rings. The van der Waals surface area contributed by atoms with Gasteiger partial charge in [-0.2, -0.15) is 4.98 Å². The first-order valence-corrected chi connectivity index (χ1v) is 6.13. The molecule has 6 heteroatoms. The first kappa shape index (κ1) is 10.5. The molecule has 0 spiro atoms. The molecule has 3 heterocycles. The van der Waals surface area contributed by atoms with Gasteiger partial charge in [-0.25, -0.2) is 9.97 Å². The van der Waals surface area contributed by atoms with E-state index in [2.05, 4.69) is 24.9 Å². The van der Waals surface area contributed by atoms with Gasteiger partial charge in [-0.1, -0.05) is 12.1 Å². The smallest absolute Gasteiger partial charge is 0.225 e. The Morgan fingerprint density at radius 3 is 2.95 bits per heavy atom. The first-order chi connectivity index (χ1) is 9.31. The average molecular weight is 270 g/mol. The molecule has 0 atom stereocenters. The summed E-state index contributed by atoms with van der Waals surface area (Å²) in [6.07, 6.45) is 3.50. The summed E-state index contributed by atoms with van der Waals surface area (Å²) in [5.41, 5.74) is 4.13. The molecule has 19 heavy (non-hydrogen) atoms. The number of benzene rings is 1. The van der Waals surface area contributed by atoms with Gasteiger partial charge in [0, 0.05) is 17.3 Å². The van der Waals surface area contributed by atoms with Crippen LogP contribution in [0.25, 0.3) is 33.3 Å². The zero-order valence-corrected chi connectivity index (χ0v) is 10.4. The summed E-state index contributed by atoms with van der Waals surface area (Å²) in [7, 11) is 0. The lowest BCUT2D eigenvalue weighted by Crippen LogP contribution is -1.90. The Bertz CT molecular complexity index is 892. The van der Waals surface area contributed by atoms with Crippen molar-refractivity contribution < 1.29 is 0 Å². The number of hydrogen-bond acceptors (Lipinski definition) is 3. The summed E-state index contributed by atoms with van der Waals surface area (Å²) < 4.78 is 0. The Morgan fingerprint density at radius 1 is 1.05 bits per heavy atom. The number of aromatic amines is 2. The molecule has 0 unspecified atom stereocenters.